The Hall–Kier alpha value is -0.770. The molecule has 0 bridgehead atoms. The molecular formula is C11H21NO3. The summed E-state index contributed by atoms with van der Waals surface area (Å²) in [6.07, 6.45) is 2.04. The van der Waals surface area contributed by atoms with Gasteiger partial charge in [-0.3, -0.25) is 4.90 Å². The molecule has 88 valence electrons. The number of aliphatic hydroxyl groups excluding tert-OH is 1. The topological polar surface area (TPSA) is 60.8 Å². The van der Waals surface area contributed by atoms with Crippen LogP contribution in [-0.2, 0) is 0 Å². The first kappa shape index (κ1) is 12.3. The number of hydrogen-bond acceptors (Lipinski definition) is 2. The molecule has 0 radical (unpaired) electrons. The summed E-state index contributed by atoms with van der Waals surface area (Å²) in [5, 5.41) is 19.0. The standard InChI is InChI=1S/C11H21NO3/c1-11(2,3)12(10(14)15)8-6-4-5-7-9(8)13/h8-9,13H,4-7H2,1-3H3,(H,14,15). The quantitative estimate of drug-likeness (QED) is 0.704. The summed E-state index contributed by atoms with van der Waals surface area (Å²) in [7, 11) is 0. The Bertz CT molecular complexity index is 234. The largest absolute Gasteiger partial charge is 0.465 e. The van der Waals surface area contributed by atoms with Gasteiger partial charge in [-0.1, -0.05) is 12.8 Å². The van der Waals surface area contributed by atoms with E-state index in [1.807, 2.05) is 20.8 Å². The summed E-state index contributed by atoms with van der Waals surface area (Å²) in [6.45, 7) is 5.59. The van der Waals surface area contributed by atoms with Crippen molar-refractivity contribution >= 4 is 6.09 Å². The lowest BCUT2D eigenvalue weighted by atomic mass is 9.89. The van der Waals surface area contributed by atoms with Gasteiger partial charge in [0.2, 0.25) is 0 Å². The molecule has 0 aliphatic heterocycles. The summed E-state index contributed by atoms with van der Waals surface area (Å²) in [6, 6.07) is -0.240. The monoisotopic (exact) mass is 215 g/mol. The van der Waals surface area contributed by atoms with Gasteiger partial charge < -0.3 is 10.2 Å². The van der Waals surface area contributed by atoms with E-state index >= 15 is 0 Å². The highest BCUT2D eigenvalue weighted by atomic mass is 16.4. The van der Waals surface area contributed by atoms with Gasteiger partial charge in [-0.25, -0.2) is 4.79 Å². The van der Waals surface area contributed by atoms with Crippen LogP contribution >= 0.6 is 0 Å². The molecule has 1 aliphatic rings. The van der Waals surface area contributed by atoms with E-state index in [1.165, 1.54) is 4.90 Å². The fourth-order valence-electron chi connectivity index (χ4n) is 2.32. The minimum Gasteiger partial charge on any atom is -0.465 e. The van der Waals surface area contributed by atoms with E-state index in [1.54, 1.807) is 0 Å². The third-order valence-electron chi connectivity index (χ3n) is 2.95. The van der Waals surface area contributed by atoms with Crippen LogP contribution in [0.25, 0.3) is 0 Å². The molecule has 0 heterocycles. The van der Waals surface area contributed by atoms with Crippen molar-refractivity contribution in [2.45, 2.75) is 64.1 Å². The van der Waals surface area contributed by atoms with Gasteiger partial charge in [0.15, 0.2) is 0 Å². The van der Waals surface area contributed by atoms with Crippen molar-refractivity contribution < 1.29 is 15.0 Å². The van der Waals surface area contributed by atoms with Gasteiger partial charge in [0.05, 0.1) is 12.1 Å². The highest BCUT2D eigenvalue weighted by molar-refractivity contribution is 5.66. The van der Waals surface area contributed by atoms with Crippen molar-refractivity contribution in [1.29, 1.82) is 0 Å². The van der Waals surface area contributed by atoms with Gasteiger partial charge in [0.25, 0.3) is 0 Å². The SMILES string of the molecule is CC(C)(C)N(C(=O)O)C1CCCCC1O. The average molecular weight is 215 g/mol. The number of nitrogens with zero attached hydrogens (tertiary/aromatic N) is 1. The average Bonchev–Trinajstić information content (AvgIpc) is 2.05. The molecule has 1 saturated carbocycles. The van der Waals surface area contributed by atoms with Crippen LogP contribution in [0.15, 0.2) is 0 Å². The minimum absolute atomic E-state index is 0.240. The summed E-state index contributed by atoms with van der Waals surface area (Å²) in [4.78, 5) is 12.6. The molecule has 1 aliphatic carbocycles. The van der Waals surface area contributed by atoms with Crippen LogP contribution in [0.2, 0.25) is 0 Å². The molecule has 0 spiro atoms. The first-order valence-electron chi connectivity index (χ1n) is 5.54. The number of carboxylic acid groups (broad SMARTS) is 1. The van der Waals surface area contributed by atoms with Crippen molar-refractivity contribution in [2.24, 2.45) is 0 Å². The summed E-state index contributed by atoms with van der Waals surface area (Å²) >= 11 is 0. The predicted octanol–water partition coefficient (Wildman–Crippen LogP) is 2.07. The highest BCUT2D eigenvalue weighted by Gasteiger charge is 2.38. The zero-order chi connectivity index (χ0) is 11.6. The molecule has 1 rings (SSSR count). The van der Waals surface area contributed by atoms with Crippen LogP contribution in [0.1, 0.15) is 46.5 Å². The first-order chi connectivity index (χ1) is 6.84. The molecule has 4 nitrogen and oxygen atoms in total. The van der Waals surface area contributed by atoms with Crippen molar-refractivity contribution in [1.82, 2.24) is 4.90 Å². The van der Waals surface area contributed by atoms with E-state index in [4.69, 9.17) is 0 Å². The molecule has 0 aromatic rings. The van der Waals surface area contributed by atoms with Crippen LogP contribution in [0.5, 0.6) is 0 Å². The first-order valence-corrected chi connectivity index (χ1v) is 5.54. The van der Waals surface area contributed by atoms with Gasteiger partial charge >= 0.3 is 6.09 Å². The summed E-state index contributed by atoms with van der Waals surface area (Å²) < 4.78 is 0. The molecule has 15 heavy (non-hydrogen) atoms. The molecule has 1 fully saturated rings. The number of amides is 1. The van der Waals surface area contributed by atoms with Gasteiger partial charge in [0.1, 0.15) is 0 Å². The van der Waals surface area contributed by atoms with E-state index in [-0.39, 0.29) is 6.04 Å². The zero-order valence-electron chi connectivity index (χ0n) is 9.73. The zero-order valence-corrected chi connectivity index (χ0v) is 9.73. The summed E-state index contributed by atoms with van der Waals surface area (Å²) in [5.41, 5.74) is -0.450. The molecule has 0 aromatic carbocycles. The van der Waals surface area contributed by atoms with Crippen LogP contribution < -0.4 is 0 Å². The fraction of sp³-hybridized carbons (Fsp3) is 0.909. The molecule has 2 N–H and O–H groups in total. The Balaban J connectivity index is 2.83. The fourth-order valence-corrected chi connectivity index (χ4v) is 2.32. The number of aliphatic hydroxyl groups is 1. The van der Waals surface area contributed by atoms with Crippen molar-refractivity contribution in [2.75, 3.05) is 0 Å². The smallest absolute Gasteiger partial charge is 0.408 e. The number of hydrogen-bond donors (Lipinski definition) is 2. The summed E-state index contributed by atoms with van der Waals surface area (Å²) in [5.74, 6) is 0. The number of rotatable bonds is 1. The molecule has 0 aromatic heterocycles. The lowest BCUT2D eigenvalue weighted by molar-refractivity contribution is -0.0123. The Morgan fingerprint density at radius 3 is 2.20 bits per heavy atom. The van der Waals surface area contributed by atoms with Crippen LogP contribution in [-0.4, -0.2) is 38.9 Å². The molecule has 2 atom stereocenters. The van der Waals surface area contributed by atoms with Gasteiger partial charge in [-0.05, 0) is 33.6 Å². The molecule has 2 unspecified atom stereocenters. The third kappa shape index (κ3) is 2.84. The van der Waals surface area contributed by atoms with E-state index in [0.29, 0.717) is 6.42 Å². The predicted molar refractivity (Wildman–Crippen MR) is 57.9 cm³/mol. The maximum Gasteiger partial charge on any atom is 0.408 e. The maximum atomic E-state index is 11.2. The molecular weight excluding hydrogens is 194 g/mol. The van der Waals surface area contributed by atoms with E-state index in [9.17, 15) is 15.0 Å². The van der Waals surface area contributed by atoms with E-state index in [2.05, 4.69) is 0 Å². The highest BCUT2D eigenvalue weighted by Crippen LogP contribution is 2.28. The van der Waals surface area contributed by atoms with Crippen molar-refractivity contribution in [3.8, 4) is 0 Å². The Labute approximate surface area is 90.9 Å². The second kappa shape index (κ2) is 4.39. The lowest BCUT2D eigenvalue weighted by Gasteiger charge is -2.43. The van der Waals surface area contributed by atoms with Gasteiger partial charge in [-0.2, -0.15) is 0 Å². The Kier molecular flexibility index (Phi) is 3.60. The second-order valence-electron chi connectivity index (χ2n) is 5.24. The normalized spacial score (nSPS) is 27.5. The molecule has 4 heteroatoms. The Morgan fingerprint density at radius 2 is 1.80 bits per heavy atom. The van der Waals surface area contributed by atoms with Crippen LogP contribution in [0.4, 0.5) is 4.79 Å². The maximum absolute atomic E-state index is 11.2. The van der Waals surface area contributed by atoms with Gasteiger partial charge in [-0.15, -0.1) is 0 Å². The van der Waals surface area contributed by atoms with Gasteiger partial charge in [0, 0.05) is 5.54 Å². The third-order valence-corrected chi connectivity index (χ3v) is 2.95. The van der Waals surface area contributed by atoms with E-state index in [0.717, 1.165) is 19.3 Å². The van der Waals surface area contributed by atoms with Crippen LogP contribution in [0.3, 0.4) is 0 Å². The lowest BCUT2D eigenvalue weighted by Crippen LogP contribution is -2.56. The van der Waals surface area contributed by atoms with Crippen molar-refractivity contribution in [3.63, 3.8) is 0 Å². The number of carbonyl (C=O) groups is 1. The second-order valence-corrected chi connectivity index (χ2v) is 5.24. The molecule has 0 saturated heterocycles. The van der Waals surface area contributed by atoms with Crippen LogP contribution in [0, 0.1) is 0 Å². The van der Waals surface area contributed by atoms with Crippen molar-refractivity contribution in [3.05, 3.63) is 0 Å². The minimum atomic E-state index is -0.937. The molecule has 1 amide bonds. The van der Waals surface area contributed by atoms with E-state index < -0.39 is 17.7 Å². The Morgan fingerprint density at radius 1 is 1.27 bits per heavy atom.